The molecular weight excluding hydrogens is 318 g/mol. The molecule has 1 unspecified atom stereocenters. The lowest BCUT2D eigenvalue weighted by atomic mass is 9.99. The van der Waals surface area contributed by atoms with E-state index in [1.165, 1.54) is 0 Å². The molecule has 2 aliphatic heterocycles. The van der Waals surface area contributed by atoms with E-state index in [9.17, 15) is 5.11 Å². The minimum atomic E-state index is 0.219. The normalized spacial score (nSPS) is 22.6. The molecule has 2 saturated heterocycles. The summed E-state index contributed by atoms with van der Waals surface area (Å²) in [4.78, 5) is 15.8. The first kappa shape index (κ1) is 18.4. The Morgan fingerprint density at radius 3 is 2.48 bits per heavy atom. The monoisotopic (exact) mass is 349 g/mol. The van der Waals surface area contributed by atoms with E-state index >= 15 is 0 Å². The van der Waals surface area contributed by atoms with Crippen molar-refractivity contribution in [3.63, 3.8) is 0 Å². The van der Waals surface area contributed by atoms with Crippen LogP contribution in [0.15, 0.2) is 12.4 Å². The zero-order chi connectivity index (χ0) is 17.6. The number of aromatic nitrogens is 2. The van der Waals surface area contributed by atoms with Crippen molar-refractivity contribution in [2.45, 2.75) is 31.7 Å². The predicted octanol–water partition coefficient (Wildman–Crippen LogP) is 0.578. The lowest BCUT2D eigenvalue weighted by Gasteiger charge is -2.37. The van der Waals surface area contributed by atoms with Crippen molar-refractivity contribution < 1.29 is 10.2 Å². The third kappa shape index (κ3) is 4.59. The second kappa shape index (κ2) is 8.78. The molecule has 140 valence electrons. The summed E-state index contributed by atoms with van der Waals surface area (Å²) in [6, 6.07) is 2.63. The van der Waals surface area contributed by atoms with Crippen LogP contribution in [0.4, 0.5) is 11.6 Å². The Bertz CT molecular complexity index is 536. The minimum Gasteiger partial charge on any atom is -0.396 e. The van der Waals surface area contributed by atoms with Gasteiger partial charge in [0.2, 0.25) is 0 Å². The van der Waals surface area contributed by atoms with Crippen molar-refractivity contribution in [2.75, 3.05) is 62.8 Å². The second-order valence-electron chi connectivity index (χ2n) is 7.29. The van der Waals surface area contributed by atoms with Crippen LogP contribution < -0.4 is 9.80 Å². The molecule has 3 rings (SSSR count). The SMILES string of the molecule is CN(CCO)C1CCN(c2cc(N3CCCC(CO)C3)ncn2)CC1. The highest BCUT2D eigenvalue weighted by Gasteiger charge is 2.24. The van der Waals surface area contributed by atoms with E-state index in [0.29, 0.717) is 12.0 Å². The van der Waals surface area contributed by atoms with E-state index in [2.05, 4.69) is 37.8 Å². The van der Waals surface area contributed by atoms with Gasteiger partial charge in [-0.3, -0.25) is 0 Å². The molecule has 0 aromatic carbocycles. The number of anilines is 2. The van der Waals surface area contributed by atoms with Crippen LogP contribution in [0.25, 0.3) is 0 Å². The Balaban J connectivity index is 1.61. The number of hydrogen-bond donors (Lipinski definition) is 2. The van der Waals surface area contributed by atoms with Gasteiger partial charge in [-0.2, -0.15) is 0 Å². The summed E-state index contributed by atoms with van der Waals surface area (Å²) in [5, 5.41) is 18.5. The van der Waals surface area contributed by atoms with E-state index in [0.717, 1.165) is 70.0 Å². The fourth-order valence-corrected chi connectivity index (χ4v) is 3.98. The van der Waals surface area contributed by atoms with Crippen molar-refractivity contribution in [3.8, 4) is 0 Å². The van der Waals surface area contributed by atoms with E-state index in [1.807, 2.05) is 0 Å². The van der Waals surface area contributed by atoms with Crippen LogP contribution in [0.5, 0.6) is 0 Å². The first-order chi connectivity index (χ1) is 12.2. The molecule has 0 aliphatic carbocycles. The van der Waals surface area contributed by atoms with Crippen molar-refractivity contribution in [1.82, 2.24) is 14.9 Å². The van der Waals surface area contributed by atoms with Gasteiger partial charge in [-0.15, -0.1) is 0 Å². The zero-order valence-corrected chi connectivity index (χ0v) is 15.2. The van der Waals surface area contributed by atoms with Crippen LogP contribution in [-0.4, -0.2) is 84.1 Å². The van der Waals surface area contributed by atoms with E-state index < -0.39 is 0 Å². The topological polar surface area (TPSA) is 76.0 Å². The summed E-state index contributed by atoms with van der Waals surface area (Å²) in [5.41, 5.74) is 0. The summed E-state index contributed by atoms with van der Waals surface area (Å²) < 4.78 is 0. The number of hydrogen-bond acceptors (Lipinski definition) is 7. The molecule has 0 spiro atoms. The van der Waals surface area contributed by atoms with Crippen LogP contribution in [0.1, 0.15) is 25.7 Å². The van der Waals surface area contributed by atoms with Gasteiger partial charge in [0.1, 0.15) is 18.0 Å². The highest BCUT2D eigenvalue weighted by atomic mass is 16.3. The third-order valence-corrected chi connectivity index (χ3v) is 5.60. The smallest absolute Gasteiger partial charge is 0.134 e. The Morgan fingerprint density at radius 1 is 1.08 bits per heavy atom. The molecule has 7 heteroatoms. The predicted molar refractivity (Wildman–Crippen MR) is 99.0 cm³/mol. The molecule has 0 saturated carbocycles. The van der Waals surface area contributed by atoms with Gasteiger partial charge < -0.3 is 24.9 Å². The Kier molecular flexibility index (Phi) is 6.45. The van der Waals surface area contributed by atoms with E-state index in [-0.39, 0.29) is 13.2 Å². The van der Waals surface area contributed by atoms with Gasteiger partial charge in [-0.05, 0) is 38.6 Å². The van der Waals surface area contributed by atoms with Gasteiger partial charge >= 0.3 is 0 Å². The molecule has 2 fully saturated rings. The van der Waals surface area contributed by atoms with Crippen molar-refractivity contribution in [3.05, 3.63) is 12.4 Å². The molecule has 0 amide bonds. The zero-order valence-electron chi connectivity index (χ0n) is 15.2. The standard InChI is InChI=1S/C18H31N5O2/c1-21(9-10-24)16-4-7-22(8-5-16)17-11-18(20-14-19-17)23-6-2-3-15(12-23)13-25/h11,14-16,24-25H,2-10,12-13H2,1H3. The first-order valence-corrected chi connectivity index (χ1v) is 9.45. The van der Waals surface area contributed by atoms with E-state index in [4.69, 9.17) is 5.11 Å². The fraction of sp³-hybridized carbons (Fsp3) is 0.778. The fourth-order valence-electron chi connectivity index (χ4n) is 3.98. The van der Waals surface area contributed by atoms with Gasteiger partial charge in [-0.1, -0.05) is 0 Å². The lowest BCUT2D eigenvalue weighted by Crippen LogP contribution is -2.44. The Hall–Kier alpha value is -1.44. The maximum Gasteiger partial charge on any atom is 0.134 e. The van der Waals surface area contributed by atoms with Crippen LogP contribution in [0, 0.1) is 5.92 Å². The number of nitrogens with zero attached hydrogens (tertiary/aromatic N) is 5. The maximum atomic E-state index is 9.43. The number of likely N-dealkylation sites (N-methyl/N-ethyl adjacent to an activating group) is 1. The van der Waals surface area contributed by atoms with Crippen molar-refractivity contribution in [1.29, 1.82) is 0 Å². The van der Waals surface area contributed by atoms with Gasteiger partial charge in [0.15, 0.2) is 0 Å². The molecule has 1 atom stereocenters. The average Bonchev–Trinajstić information content (AvgIpc) is 2.68. The van der Waals surface area contributed by atoms with Gasteiger partial charge in [0.25, 0.3) is 0 Å². The first-order valence-electron chi connectivity index (χ1n) is 9.45. The molecule has 1 aromatic heterocycles. The minimum absolute atomic E-state index is 0.219. The molecule has 2 aliphatic rings. The molecule has 7 nitrogen and oxygen atoms in total. The quantitative estimate of drug-likeness (QED) is 0.778. The average molecular weight is 349 g/mol. The highest BCUT2D eigenvalue weighted by Crippen LogP contribution is 2.25. The number of aliphatic hydroxyl groups is 2. The molecule has 1 aromatic rings. The Morgan fingerprint density at radius 2 is 1.80 bits per heavy atom. The summed E-state index contributed by atoms with van der Waals surface area (Å²) in [7, 11) is 2.09. The summed E-state index contributed by atoms with van der Waals surface area (Å²) in [6.07, 6.45) is 6.04. The van der Waals surface area contributed by atoms with Crippen LogP contribution in [-0.2, 0) is 0 Å². The number of piperidine rings is 2. The van der Waals surface area contributed by atoms with Crippen LogP contribution in [0.2, 0.25) is 0 Å². The number of aliphatic hydroxyl groups excluding tert-OH is 2. The molecule has 0 radical (unpaired) electrons. The maximum absolute atomic E-state index is 9.43. The summed E-state index contributed by atoms with van der Waals surface area (Å²) >= 11 is 0. The van der Waals surface area contributed by atoms with Crippen molar-refractivity contribution >= 4 is 11.6 Å². The number of rotatable bonds is 6. The van der Waals surface area contributed by atoms with Gasteiger partial charge in [-0.25, -0.2) is 9.97 Å². The second-order valence-corrected chi connectivity index (χ2v) is 7.29. The summed E-state index contributed by atoms with van der Waals surface area (Å²) in [6.45, 7) is 5.05. The molecule has 25 heavy (non-hydrogen) atoms. The summed E-state index contributed by atoms with van der Waals surface area (Å²) in [5.74, 6) is 2.33. The van der Waals surface area contributed by atoms with Crippen LogP contribution in [0.3, 0.4) is 0 Å². The molecule has 3 heterocycles. The molecule has 2 N–H and O–H groups in total. The Labute approximate surface area is 150 Å². The molecular formula is C18H31N5O2. The molecule has 0 bridgehead atoms. The van der Waals surface area contributed by atoms with Crippen LogP contribution >= 0.6 is 0 Å². The largest absolute Gasteiger partial charge is 0.396 e. The third-order valence-electron chi connectivity index (χ3n) is 5.60. The highest BCUT2D eigenvalue weighted by molar-refractivity contribution is 5.50. The van der Waals surface area contributed by atoms with E-state index in [1.54, 1.807) is 6.33 Å². The van der Waals surface area contributed by atoms with Crippen molar-refractivity contribution in [2.24, 2.45) is 5.92 Å². The van der Waals surface area contributed by atoms with Gasteiger partial charge in [0, 0.05) is 51.4 Å². The van der Waals surface area contributed by atoms with Gasteiger partial charge in [0.05, 0.1) is 6.61 Å². The lowest BCUT2D eigenvalue weighted by molar-refractivity contribution is 0.161.